The third kappa shape index (κ3) is 8.77. The zero-order chi connectivity index (χ0) is 25.0. The predicted molar refractivity (Wildman–Crippen MR) is 146 cm³/mol. The van der Waals surface area contributed by atoms with Crippen molar-refractivity contribution in [3.05, 3.63) is 47.0 Å². The summed E-state index contributed by atoms with van der Waals surface area (Å²) in [4.78, 5) is 11.6. The van der Waals surface area contributed by atoms with Gasteiger partial charge in [-0.25, -0.2) is 4.79 Å². The minimum Gasteiger partial charge on any atom is -0.462 e. The van der Waals surface area contributed by atoms with E-state index in [2.05, 4.69) is 31.7 Å². The fourth-order valence-corrected chi connectivity index (χ4v) is 6.60. The van der Waals surface area contributed by atoms with E-state index >= 15 is 0 Å². The number of aliphatic hydroxyl groups excluding tert-OH is 1. The van der Waals surface area contributed by atoms with Crippen molar-refractivity contribution in [1.82, 2.24) is 0 Å². The van der Waals surface area contributed by atoms with Gasteiger partial charge in [-0.2, -0.15) is 0 Å². The topological polar surface area (TPSA) is 46.5 Å². The molecule has 1 aromatic rings. The maximum absolute atomic E-state index is 11.6. The lowest BCUT2D eigenvalue weighted by Gasteiger charge is -2.38. The number of carbonyl (C=O) groups is 1. The molecule has 1 N–H and O–H groups in total. The molecular weight excluding hydrogens is 432 g/mol. The van der Waals surface area contributed by atoms with Gasteiger partial charge in [0.2, 0.25) is 0 Å². The van der Waals surface area contributed by atoms with Crippen LogP contribution >= 0.6 is 0 Å². The van der Waals surface area contributed by atoms with E-state index in [1.807, 2.05) is 0 Å². The summed E-state index contributed by atoms with van der Waals surface area (Å²) in [5.74, 6) is 3.28. The van der Waals surface area contributed by atoms with Crippen LogP contribution < -0.4 is 0 Å². The van der Waals surface area contributed by atoms with Crippen LogP contribution in [0.25, 0.3) is 0 Å². The molecule has 3 nitrogen and oxygen atoms in total. The van der Waals surface area contributed by atoms with Crippen LogP contribution in [0, 0.1) is 17.8 Å². The number of rotatable bonds is 13. The number of hydrogen-bond acceptors (Lipinski definition) is 3. The van der Waals surface area contributed by atoms with Crippen molar-refractivity contribution in [1.29, 1.82) is 0 Å². The summed E-state index contributed by atoms with van der Waals surface area (Å²) in [6, 6.07) is 6.92. The Bertz CT molecular complexity index is 782. The number of aliphatic hydroxyl groups is 1. The Morgan fingerprint density at radius 2 is 1.63 bits per heavy atom. The lowest BCUT2D eigenvalue weighted by atomic mass is 9.68. The zero-order valence-corrected chi connectivity index (χ0v) is 22.5. The summed E-state index contributed by atoms with van der Waals surface area (Å²) in [6.45, 7) is 8.22. The van der Waals surface area contributed by atoms with E-state index in [1.165, 1.54) is 93.7 Å². The van der Waals surface area contributed by atoms with Gasteiger partial charge >= 0.3 is 5.97 Å². The molecule has 196 valence electrons. The van der Waals surface area contributed by atoms with Crippen LogP contribution in [0.2, 0.25) is 0 Å². The molecule has 2 aliphatic rings. The molecule has 0 aliphatic heterocycles. The van der Waals surface area contributed by atoms with Gasteiger partial charge in [-0.05, 0) is 105 Å². The van der Waals surface area contributed by atoms with Crippen LogP contribution in [-0.2, 0) is 22.4 Å². The van der Waals surface area contributed by atoms with E-state index in [4.69, 9.17) is 4.74 Å². The van der Waals surface area contributed by atoms with Crippen molar-refractivity contribution in [2.75, 3.05) is 13.2 Å². The molecule has 3 rings (SSSR count). The Morgan fingerprint density at radius 1 is 0.943 bits per heavy atom. The van der Waals surface area contributed by atoms with E-state index in [1.54, 1.807) is 6.92 Å². The molecule has 35 heavy (non-hydrogen) atoms. The van der Waals surface area contributed by atoms with E-state index in [9.17, 15) is 9.90 Å². The van der Waals surface area contributed by atoms with E-state index in [0.29, 0.717) is 24.5 Å². The summed E-state index contributed by atoms with van der Waals surface area (Å²) < 4.78 is 5.28. The van der Waals surface area contributed by atoms with Crippen molar-refractivity contribution in [3.63, 3.8) is 0 Å². The Labute approximate surface area is 214 Å². The maximum atomic E-state index is 11.6. The molecule has 0 atom stereocenters. The monoisotopic (exact) mass is 482 g/mol. The second-order valence-corrected chi connectivity index (χ2v) is 11.4. The fraction of sp³-hybridized carbons (Fsp3) is 0.719. The lowest BCUT2D eigenvalue weighted by Crippen LogP contribution is -2.25. The van der Waals surface area contributed by atoms with Gasteiger partial charge in [0, 0.05) is 12.2 Å². The van der Waals surface area contributed by atoms with Gasteiger partial charge in [-0.3, -0.25) is 0 Å². The summed E-state index contributed by atoms with van der Waals surface area (Å²) in [5, 5.41) is 9.51. The first-order chi connectivity index (χ1) is 17.0. The molecule has 0 heterocycles. The number of unbranched alkanes of at least 4 members (excludes halogenated alkanes) is 2. The van der Waals surface area contributed by atoms with Gasteiger partial charge < -0.3 is 9.84 Å². The second-order valence-electron chi connectivity index (χ2n) is 11.4. The van der Waals surface area contributed by atoms with Crippen LogP contribution in [0.4, 0.5) is 0 Å². The van der Waals surface area contributed by atoms with Crippen LogP contribution in [0.1, 0.15) is 120 Å². The van der Waals surface area contributed by atoms with Crippen molar-refractivity contribution in [2.45, 2.75) is 116 Å². The van der Waals surface area contributed by atoms with Gasteiger partial charge in [-0.1, -0.05) is 70.2 Å². The minimum absolute atomic E-state index is 0.170. The van der Waals surface area contributed by atoms with E-state index in [-0.39, 0.29) is 12.6 Å². The highest BCUT2D eigenvalue weighted by Crippen LogP contribution is 2.44. The van der Waals surface area contributed by atoms with E-state index in [0.717, 1.165) is 30.6 Å². The number of esters is 1. The Balaban J connectivity index is 1.48. The van der Waals surface area contributed by atoms with Crippen LogP contribution in [-0.4, -0.2) is 24.3 Å². The first kappa shape index (κ1) is 28.0. The van der Waals surface area contributed by atoms with Gasteiger partial charge in [0.05, 0.1) is 6.61 Å². The second kappa shape index (κ2) is 14.8. The van der Waals surface area contributed by atoms with Gasteiger partial charge in [0.15, 0.2) is 0 Å². The molecule has 0 bridgehead atoms. The molecule has 2 aliphatic carbocycles. The first-order valence-corrected chi connectivity index (χ1v) is 14.6. The van der Waals surface area contributed by atoms with Crippen LogP contribution in [0.5, 0.6) is 0 Å². The molecule has 0 saturated heterocycles. The smallest absolute Gasteiger partial charge is 0.333 e. The highest BCUT2D eigenvalue weighted by atomic mass is 16.5. The average molecular weight is 483 g/mol. The Morgan fingerprint density at radius 3 is 2.26 bits per heavy atom. The Hall–Kier alpha value is -1.61. The fourth-order valence-electron chi connectivity index (χ4n) is 6.60. The standard InChI is InChI=1S/C32H50O3/c1-4-5-6-8-25-10-12-26(13-11-25)27-14-16-28(17-15-27)31-19-18-29(20-21-33)30(23-31)9-7-22-35-32(34)24(2)3/h18-19,23,25-28,33H,2,4-17,20-22H2,1,3H3. The normalized spacial score (nSPS) is 24.8. The number of aryl methyl sites for hydroxylation is 1. The van der Waals surface area contributed by atoms with Gasteiger partial charge in [0.25, 0.3) is 0 Å². The third-order valence-corrected chi connectivity index (χ3v) is 8.80. The molecule has 3 heteroatoms. The molecular formula is C32H50O3. The van der Waals surface area contributed by atoms with Crippen LogP contribution in [0.15, 0.2) is 30.4 Å². The van der Waals surface area contributed by atoms with Gasteiger partial charge in [-0.15, -0.1) is 0 Å². The molecule has 0 amide bonds. The van der Waals surface area contributed by atoms with Crippen molar-refractivity contribution >= 4 is 5.97 Å². The summed E-state index contributed by atoms with van der Waals surface area (Å²) in [7, 11) is 0. The minimum atomic E-state index is -0.309. The highest BCUT2D eigenvalue weighted by Gasteiger charge is 2.31. The number of carbonyl (C=O) groups excluding carboxylic acids is 1. The molecule has 2 fully saturated rings. The summed E-state index contributed by atoms with van der Waals surface area (Å²) in [6.07, 6.45) is 19.3. The molecule has 0 radical (unpaired) electrons. The van der Waals surface area contributed by atoms with Crippen molar-refractivity contribution in [3.8, 4) is 0 Å². The lowest BCUT2D eigenvalue weighted by molar-refractivity contribution is -0.139. The molecule has 0 aromatic heterocycles. The van der Waals surface area contributed by atoms with Crippen molar-refractivity contribution < 1.29 is 14.6 Å². The highest BCUT2D eigenvalue weighted by molar-refractivity contribution is 5.86. The third-order valence-electron chi connectivity index (χ3n) is 8.80. The zero-order valence-electron chi connectivity index (χ0n) is 22.5. The molecule has 2 saturated carbocycles. The van der Waals surface area contributed by atoms with Gasteiger partial charge in [0.1, 0.15) is 0 Å². The maximum Gasteiger partial charge on any atom is 0.333 e. The van der Waals surface area contributed by atoms with Crippen LogP contribution in [0.3, 0.4) is 0 Å². The predicted octanol–water partition coefficient (Wildman–Crippen LogP) is 7.93. The number of benzene rings is 1. The largest absolute Gasteiger partial charge is 0.462 e. The van der Waals surface area contributed by atoms with E-state index < -0.39 is 0 Å². The number of ether oxygens (including phenoxy) is 1. The molecule has 1 aromatic carbocycles. The quantitative estimate of drug-likeness (QED) is 0.176. The molecule has 0 unspecified atom stereocenters. The average Bonchev–Trinajstić information content (AvgIpc) is 2.88. The van der Waals surface area contributed by atoms with Crippen molar-refractivity contribution in [2.24, 2.45) is 17.8 Å². The molecule has 0 spiro atoms. The SMILES string of the molecule is C=C(C)C(=O)OCCCc1cc(C2CCC(C3CCC(CCCCC)CC3)CC2)ccc1CCO. The first-order valence-electron chi connectivity index (χ1n) is 14.6. The number of hydrogen-bond donors (Lipinski definition) is 1. The Kier molecular flexibility index (Phi) is 11.9. The summed E-state index contributed by atoms with van der Waals surface area (Å²) in [5.41, 5.74) is 4.46. The summed E-state index contributed by atoms with van der Waals surface area (Å²) >= 11 is 0.